The zero-order chi connectivity index (χ0) is 38.9. The van der Waals surface area contributed by atoms with E-state index in [1.165, 1.54) is 108 Å². The molecule has 0 heterocycles. The summed E-state index contributed by atoms with van der Waals surface area (Å²) in [7, 11) is -2.90. The highest BCUT2D eigenvalue weighted by molar-refractivity contribution is 7.20. The Balaban J connectivity index is 1.14. The lowest BCUT2D eigenvalue weighted by molar-refractivity contribution is 1.66. The molecule has 0 saturated heterocycles. The zero-order valence-electron chi connectivity index (χ0n) is 32.4. The molecule has 0 aliphatic heterocycles. The van der Waals surface area contributed by atoms with Gasteiger partial charge in [-0.1, -0.05) is 231 Å². The van der Waals surface area contributed by atoms with Crippen LogP contribution in [0.15, 0.2) is 231 Å². The Morgan fingerprint density at radius 1 is 0.237 bits per heavy atom. The summed E-state index contributed by atoms with van der Waals surface area (Å²) in [4.78, 5) is 0. The highest BCUT2D eigenvalue weighted by Gasteiger charge is 2.42. The molecule has 0 amide bonds. The van der Waals surface area contributed by atoms with E-state index >= 15 is 0 Å². The second-order valence-electron chi connectivity index (χ2n) is 15.9. The van der Waals surface area contributed by atoms with Crippen LogP contribution in [0.1, 0.15) is 0 Å². The van der Waals surface area contributed by atoms with E-state index in [4.69, 9.17) is 0 Å². The molecule has 0 bridgehead atoms. The van der Waals surface area contributed by atoms with Gasteiger partial charge in [-0.25, -0.2) is 0 Å². The smallest absolute Gasteiger partial charge is 0.0623 e. The molecule has 0 aliphatic carbocycles. The van der Waals surface area contributed by atoms with E-state index in [9.17, 15) is 0 Å². The van der Waals surface area contributed by atoms with Gasteiger partial charge < -0.3 is 0 Å². The van der Waals surface area contributed by atoms with Gasteiger partial charge in [-0.2, -0.15) is 0 Å². The first-order valence-electron chi connectivity index (χ1n) is 20.6. The maximum Gasteiger partial charge on any atom is 0.180 e. The van der Waals surface area contributed by atoms with Gasteiger partial charge in [-0.05, 0) is 108 Å². The third kappa shape index (κ3) is 5.02. The Kier molecular flexibility index (Phi) is 7.66. The quantitative estimate of drug-likeness (QED) is 0.0685. The van der Waals surface area contributed by atoms with Gasteiger partial charge in [-0.3, -0.25) is 0 Å². The number of benzene rings is 12. The van der Waals surface area contributed by atoms with E-state index in [0.29, 0.717) is 0 Å². The molecule has 0 N–H and O–H groups in total. The van der Waals surface area contributed by atoms with Crippen molar-refractivity contribution >= 4 is 93.5 Å². The molecule has 0 aromatic heterocycles. The van der Waals surface area contributed by atoms with Gasteiger partial charge in [0.2, 0.25) is 0 Å². The van der Waals surface area contributed by atoms with Gasteiger partial charge in [0.05, 0.1) is 0 Å². The molecule has 12 rings (SSSR count). The second-order valence-corrected chi connectivity index (χ2v) is 19.7. The van der Waals surface area contributed by atoms with E-state index in [1.807, 2.05) is 0 Å². The maximum atomic E-state index is 2.46. The Hall–Kier alpha value is -7.32. The highest BCUT2D eigenvalue weighted by atomic mass is 28.3. The molecule has 59 heavy (non-hydrogen) atoms. The summed E-state index contributed by atoms with van der Waals surface area (Å²) in [6.07, 6.45) is 0. The molecule has 0 radical (unpaired) electrons. The Bertz CT molecular complexity index is 3410. The fourth-order valence-electron chi connectivity index (χ4n) is 10.5. The summed E-state index contributed by atoms with van der Waals surface area (Å²) in [6, 6.07) is 86.8. The van der Waals surface area contributed by atoms with Crippen molar-refractivity contribution in [2.45, 2.75) is 0 Å². The first-order chi connectivity index (χ1) is 29.3. The summed E-state index contributed by atoms with van der Waals surface area (Å²) >= 11 is 0. The molecule has 0 spiro atoms. The van der Waals surface area contributed by atoms with Gasteiger partial charge in [0.15, 0.2) is 8.07 Å². The monoisotopic (exact) mass is 762 g/mol. The predicted molar refractivity (Wildman–Crippen MR) is 257 cm³/mol. The van der Waals surface area contributed by atoms with Gasteiger partial charge in [-0.15, -0.1) is 0 Å². The van der Waals surface area contributed by atoms with E-state index < -0.39 is 8.07 Å². The third-order valence-corrected chi connectivity index (χ3v) is 17.8. The van der Waals surface area contributed by atoms with Crippen LogP contribution in [-0.4, -0.2) is 8.07 Å². The zero-order valence-corrected chi connectivity index (χ0v) is 33.4. The standard InChI is InChI=1S/C58H38Si/c1-3-19-44(20-4-1)59(45-21-5-2-6-22-45,54-38-34-43-30-29-40-17-13-18-41-33-37-53(54)57(43)55(40)41)46-35-31-42(32-36-46)56-49-24-9-11-26-51(49)58(52-27-12-10-25-50(52)56)48-28-14-16-39-15-7-8-23-47(39)48/h1-38H. The number of hydrogen-bond donors (Lipinski definition) is 0. The number of hydrogen-bond acceptors (Lipinski definition) is 0. The minimum absolute atomic E-state index is 1.23. The molecule has 0 fully saturated rings. The Morgan fingerprint density at radius 3 is 1.31 bits per heavy atom. The van der Waals surface area contributed by atoms with Gasteiger partial charge in [0.25, 0.3) is 0 Å². The molecule has 0 atom stereocenters. The van der Waals surface area contributed by atoms with Crippen LogP contribution in [0.25, 0.3) is 86.9 Å². The maximum absolute atomic E-state index is 2.90. The Labute approximate surface area is 344 Å². The highest BCUT2D eigenvalue weighted by Crippen LogP contribution is 2.45. The van der Waals surface area contributed by atoms with Crippen molar-refractivity contribution in [1.29, 1.82) is 0 Å². The van der Waals surface area contributed by atoms with Crippen molar-refractivity contribution in [2.75, 3.05) is 0 Å². The summed E-state index contributed by atoms with van der Waals surface area (Å²) in [6.45, 7) is 0. The molecular weight excluding hydrogens is 725 g/mol. The molecule has 0 aliphatic rings. The van der Waals surface area contributed by atoms with Crippen LogP contribution in [0.4, 0.5) is 0 Å². The molecule has 0 unspecified atom stereocenters. The fourth-order valence-corrected chi connectivity index (χ4v) is 15.4. The Morgan fingerprint density at radius 2 is 0.678 bits per heavy atom. The van der Waals surface area contributed by atoms with Crippen molar-refractivity contribution in [1.82, 2.24) is 0 Å². The molecule has 1 heteroatoms. The topological polar surface area (TPSA) is 0 Å². The number of rotatable bonds is 6. The summed E-state index contributed by atoms with van der Waals surface area (Å²) < 4.78 is 0. The third-order valence-electron chi connectivity index (χ3n) is 12.9. The summed E-state index contributed by atoms with van der Waals surface area (Å²) in [5.74, 6) is 0. The van der Waals surface area contributed by atoms with Crippen molar-refractivity contribution in [2.24, 2.45) is 0 Å². The number of fused-ring (bicyclic) bond motifs is 3. The lowest BCUT2D eigenvalue weighted by Crippen LogP contribution is -2.74. The van der Waals surface area contributed by atoms with Crippen molar-refractivity contribution in [3.05, 3.63) is 231 Å². The normalized spacial score (nSPS) is 12.1. The molecule has 0 nitrogen and oxygen atoms in total. The first kappa shape index (κ1) is 33.8. The van der Waals surface area contributed by atoms with Gasteiger partial charge >= 0.3 is 0 Å². The SMILES string of the molecule is c1ccc([Si](c2ccccc2)(c2ccc(-c3c4ccccc4c(-c4cccc5ccccc45)c4ccccc34)cc2)c2ccc3ccc4cccc5ccc2c3c45)cc1. The van der Waals surface area contributed by atoms with E-state index in [2.05, 4.69) is 231 Å². The predicted octanol–water partition coefficient (Wildman–Crippen LogP) is 12.8. The van der Waals surface area contributed by atoms with Crippen molar-refractivity contribution in [3.63, 3.8) is 0 Å². The van der Waals surface area contributed by atoms with Crippen molar-refractivity contribution in [3.8, 4) is 22.3 Å². The fraction of sp³-hybridized carbons (Fsp3) is 0. The minimum Gasteiger partial charge on any atom is -0.0623 e. The van der Waals surface area contributed by atoms with E-state index in [0.717, 1.165) is 0 Å². The average molecular weight is 763 g/mol. The minimum atomic E-state index is -2.90. The van der Waals surface area contributed by atoms with Crippen LogP contribution in [0.5, 0.6) is 0 Å². The van der Waals surface area contributed by atoms with Crippen LogP contribution in [0.2, 0.25) is 0 Å². The average Bonchev–Trinajstić information content (AvgIpc) is 3.31. The van der Waals surface area contributed by atoms with E-state index in [-0.39, 0.29) is 0 Å². The molecular formula is C58H38Si. The molecule has 12 aromatic carbocycles. The lowest BCUT2D eigenvalue weighted by atomic mass is 9.85. The van der Waals surface area contributed by atoms with Crippen LogP contribution in [0, 0.1) is 0 Å². The summed E-state index contributed by atoms with van der Waals surface area (Å²) in [5, 5.41) is 21.1. The molecule has 0 saturated carbocycles. The van der Waals surface area contributed by atoms with Gasteiger partial charge in [0, 0.05) is 0 Å². The molecule has 274 valence electrons. The largest absolute Gasteiger partial charge is 0.180 e. The molecule has 12 aromatic rings. The van der Waals surface area contributed by atoms with Crippen molar-refractivity contribution < 1.29 is 0 Å². The summed E-state index contributed by atoms with van der Waals surface area (Å²) in [5.41, 5.74) is 5.07. The lowest BCUT2D eigenvalue weighted by Gasteiger charge is -2.36. The first-order valence-corrected chi connectivity index (χ1v) is 22.6. The van der Waals surface area contributed by atoms with E-state index in [1.54, 1.807) is 0 Å². The van der Waals surface area contributed by atoms with Crippen LogP contribution >= 0.6 is 0 Å². The second kappa shape index (κ2) is 13.4. The van der Waals surface area contributed by atoms with Crippen LogP contribution in [0.3, 0.4) is 0 Å². The van der Waals surface area contributed by atoms with Gasteiger partial charge in [0.1, 0.15) is 0 Å². The van der Waals surface area contributed by atoms with Crippen LogP contribution < -0.4 is 20.7 Å². The van der Waals surface area contributed by atoms with Crippen LogP contribution in [-0.2, 0) is 0 Å².